The first-order chi connectivity index (χ1) is 9.88. The zero-order valence-corrected chi connectivity index (χ0v) is 12.1. The largest absolute Gasteiger partial charge is 0.495 e. The van der Waals surface area contributed by atoms with Gasteiger partial charge in [0.2, 0.25) is 0 Å². The Morgan fingerprint density at radius 1 is 1.00 bits per heavy atom. The van der Waals surface area contributed by atoms with Gasteiger partial charge in [-0.2, -0.15) is 0 Å². The van der Waals surface area contributed by atoms with Gasteiger partial charge in [0, 0.05) is 17.3 Å². The maximum Gasteiger partial charge on any atom is 0.143 e. The summed E-state index contributed by atoms with van der Waals surface area (Å²) in [6.45, 7) is 0. The van der Waals surface area contributed by atoms with Crippen molar-refractivity contribution in [2.45, 2.75) is 10.6 Å². The number of fused-ring (bicyclic) bond motifs is 1. The Kier molecular flexibility index (Phi) is 3.88. The van der Waals surface area contributed by atoms with Crippen molar-refractivity contribution in [3.63, 3.8) is 0 Å². The fourth-order valence-corrected chi connectivity index (χ4v) is 3.11. The first-order valence-corrected chi connectivity index (χ1v) is 7.45. The molecule has 0 radical (unpaired) electrons. The topological polar surface area (TPSA) is 22.1 Å². The summed E-state index contributed by atoms with van der Waals surface area (Å²) < 4.78 is 5.59. The van der Waals surface area contributed by atoms with Crippen LogP contribution < -0.4 is 4.74 Å². The van der Waals surface area contributed by atoms with Gasteiger partial charge >= 0.3 is 0 Å². The summed E-state index contributed by atoms with van der Waals surface area (Å²) in [5.41, 5.74) is 2.26. The first-order valence-electron chi connectivity index (χ1n) is 6.47. The molecule has 1 aromatic heterocycles. The van der Waals surface area contributed by atoms with Crippen LogP contribution in [-0.2, 0) is 5.75 Å². The summed E-state index contributed by atoms with van der Waals surface area (Å²) in [7, 11) is 1.72. The molecule has 2 aromatic carbocycles. The number of thioether (sulfide) groups is 1. The van der Waals surface area contributed by atoms with Gasteiger partial charge in [-0.25, -0.2) is 0 Å². The number of rotatable bonds is 4. The molecule has 3 aromatic rings. The number of benzene rings is 2. The van der Waals surface area contributed by atoms with E-state index in [9.17, 15) is 0 Å². The van der Waals surface area contributed by atoms with Gasteiger partial charge < -0.3 is 4.74 Å². The predicted octanol–water partition coefficient (Wildman–Crippen LogP) is 4.54. The van der Waals surface area contributed by atoms with Crippen LogP contribution in [-0.4, -0.2) is 12.1 Å². The highest BCUT2D eigenvalue weighted by atomic mass is 32.2. The maximum atomic E-state index is 5.59. The van der Waals surface area contributed by atoms with Crippen molar-refractivity contribution in [3.05, 3.63) is 66.4 Å². The van der Waals surface area contributed by atoms with Crippen molar-refractivity contribution < 1.29 is 4.74 Å². The number of ether oxygens (including phenoxy) is 1. The third-order valence-electron chi connectivity index (χ3n) is 3.13. The molecule has 0 aliphatic heterocycles. The van der Waals surface area contributed by atoms with Crippen molar-refractivity contribution in [3.8, 4) is 5.75 Å². The standard InChI is InChI=1S/C17H15NOS/c1-19-17-14-9-5-6-10-15(14)18-11-16(17)20-12-13-7-3-2-4-8-13/h2-11H,12H2,1H3. The summed E-state index contributed by atoms with van der Waals surface area (Å²) >= 11 is 1.75. The van der Waals surface area contributed by atoms with E-state index in [0.29, 0.717) is 0 Å². The third kappa shape index (κ3) is 2.63. The average molecular weight is 281 g/mol. The van der Waals surface area contributed by atoms with E-state index in [4.69, 9.17) is 4.74 Å². The SMILES string of the molecule is COc1c(SCc2ccccc2)cnc2ccccc12. The lowest BCUT2D eigenvalue weighted by Crippen LogP contribution is -1.91. The minimum atomic E-state index is 0.913. The van der Waals surface area contributed by atoms with Crippen molar-refractivity contribution in [1.29, 1.82) is 0 Å². The second kappa shape index (κ2) is 5.97. The second-order valence-electron chi connectivity index (χ2n) is 4.45. The minimum Gasteiger partial charge on any atom is -0.495 e. The van der Waals surface area contributed by atoms with Crippen LogP contribution in [0.15, 0.2) is 65.7 Å². The molecule has 0 aliphatic rings. The Morgan fingerprint density at radius 2 is 1.75 bits per heavy atom. The fourth-order valence-electron chi connectivity index (χ4n) is 2.15. The molecule has 0 saturated carbocycles. The molecule has 0 unspecified atom stereocenters. The van der Waals surface area contributed by atoms with Crippen molar-refractivity contribution in [2.75, 3.05) is 7.11 Å². The van der Waals surface area contributed by atoms with Crippen LogP contribution in [0.25, 0.3) is 10.9 Å². The van der Waals surface area contributed by atoms with E-state index in [1.165, 1.54) is 5.56 Å². The highest BCUT2D eigenvalue weighted by Gasteiger charge is 2.09. The molecule has 0 saturated heterocycles. The van der Waals surface area contributed by atoms with E-state index in [-0.39, 0.29) is 0 Å². The lowest BCUT2D eigenvalue weighted by molar-refractivity contribution is 0.409. The molecule has 0 bridgehead atoms. The van der Waals surface area contributed by atoms with Gasteiger partial charge in [0.1, 0.15) is 5.75 Å². The first kappa shape index (κ1) is 13.0. The zero-order chi connectivity index (χ0) is 13.8. The van der Waals surface area contributed by atoms with E-state index in [1.807, 2.05) is 36.5 Å². The minimum absolute atomic E-state index is 0.913. The number of pyridine rings is 1. The summed E-state index contributed by atoms with van der Waals surface area (Å²) in [4.78, 5) is 5.58. The van der Waals surface area contributed by atoms with Gasteiger partial charge in [0.05, 0.1) is 17.5 Å². The highest BCUT2D eigenvalue weighted by molar-refractivity contribution is 7.98. The number of hydrogen-bond acceptors (Lipinski definition) is 3. The number of methoxy groups -OCH3 is 1. The molecule has 0 fully saturated rings. The van der Waals surface area contributed by atoms with Gasteiger partial charge in [-0.1, -0.05) is 42.5 Å². The molecular weight excluding hydrogens is 266 g/mol. The monoisotopic (exact) mass is 281 g/mol. The van der Waals surface area contributed by atoms with Crippen LogP contribution in [0.4, 0.5) is 0 Å². The summed E-state index contributed by atoms with van der Waals surface area (Å²) in [5, 5.41) is 1.06. The van der Waals surface area contributed by atoms with Crippen molar-refractivity contribution >= 4 is 22.7 Å². The quantitative estimate of drug-likeness (QED) is 0.656. The number of aromatic nitrogens is 1. The molecule has 1 heterocycles. The number of nitrogens with zero attached hydrogens (tertiary/aromatic N) is 1. The van der Waals surface area contributed by atoms with Crippen LogP contribution in [0.3, 0.4) is 0 Å². The number of para-hydroxylation sites is 1. The Hall–Kier alpha value is -2.00. The molecule has 0 spiro atoms. The molecule has 0 aliphatic carbocycles. The van der Waals surface area contributed by atoms with Gasteiger partial charge in [-0.05, 0) is 17.7 Å². The molecule has 2 nitrogen and oxygen atoms in total. The van der Waals surface area contributed by atoms with Crippen LogP contribution in [0.1, 0.15) is 5.56 Å². The zero-order valence-electron chi connectivity index (χ0n) is 11.2. The molecule has 3 heteroatoms. The van der Waals surface area contributed by atoms with Gasteiger partial charge in [0.15, 0.2) is 0 Å². The Labute approximate surface area is 122 Å². The Bertz CT molecular complexity index is 713. The van der Waals surface area contributed by atoms with E-state index in [0.717, 1.165) is 27.3 Å². The van der Waals surface area contributed by atoms with Crippen LogP contribution >= 0.6 is 11.8 Å². The molecule has 0 amide bonds. The van der Waals surface area contributed by atoms with Crippen LogP contribution in [0.5, 0.6) is 5.75 Å². The highest BCUT2D eigenvalue weighted by Crippen LogP contribution is 2.36. The van der Waals surface area contributed by atoms with E-state index in [1.54, 1.807) is 18.9 Å². The molecule has 3 rings (SSSR count). The summed E-state index contributed by atoms with van der Waals surface area (Å²) in [5.74, 6) is 1.83. The maximum absolute atomic E-state index is 5.59. The Balaban J connectivity index is 1.91. The lowest BCUT2D eigenvalue weighted by Gasteiger charge is -2.10. The average Bonchev–Trinajstić information content (AvgIpc) is 2.53. The molecule has 0 atom stereocenters. The van der Waals surface area contributed by atoms with Gasteiger partial charge in [-0.15, -0.1) is 11.8 Å². The second-order valence-corrected chi connectivity index (χ2v) is 5.46. The Morgan fingerprint density at radius 3 is 2.55 bits per heavy atom. The fraction of sp³-hybridized carbons (Fsp3) is 0.118. The molecule has 0 N–H and O–H groups in total. The smallest absolute Gasteiger partial charge is 0.143 e. The molecule has 20 heavy (non-hydrogen) atoms. The normalized spacial score (nSPS) is 10.7. The van der Waals surface area contributed by atoms with Crippen LogP contribution in [0.2, 0.25) is 0 Å². The van der Waals surface area contributed by atoms with E-state index >= 15 is 0 Å². The van der Waals surface area contributed by atoms with Crippen molar-refractivity contribution in [1.82, 2.24) is 4.98 Å². The van der Waals surface area contributed by atoms with Gasteiger partial charge in [0.25, 0.3) is 0 Å². The van der Waals surface area contributed by atoms with E-state index in [2.05, 4.69) is 29.2 Å². The van der Waals surface area contributed by atoms with Crippen molar-refractivity contribution in [2.24, 2.45) is 0 Å². The summed E-state index contributed by atoms with van der Waals surface area (Å²) in [6, 6.07) is 18.5. The third-order valence-corrected chi connectivity index (χ3v) is 4.21. The lowest BCUT2D eigenvalue weighted by atomic mass is 10.2. The van der Waals surface area contributed by atoms with E-state index < -0.39 is 0 Å². The molecular formula is C17H15NOS. The summed E-state index contributed by atoms with van der Waals surface area (Å²) in [6.07, 6.45) is 1.90. The molecule has 100 valence electrons. The van der Waals surface area contributed by atoms with Gasteiger partial charge in [-0.3, -0.25) is 4.98 Å². The predicted molar refractivity (Wildman–Crippen MR) is 84.3 cm³/mol. The van der Waals surface area contributed by atoms with Crippen LogP contribution in [0, 0.1) is 0 Å². The number of hydrogen-bond donors (Lipinski definition) is 0.